The van der Waals surface area contributed by atoms with Crippen LogP contribution in [0.4, 0.5) is 4.39 Å². The number of esters is 1. The van der Waals surface area contributed by atoms with E-state index in [9.17, 15) is 14.0 Å². The van der Waals surface area contributed by atoms with Crippen molar-refractivity contribution in [2.75, 3.05) is 7.11 Å². The lowest BCUT2D eigenvalue weighted by atomic mass is 9.95. The van der Waals surface area contributed by atoms with Crippen LogP contribution >= 0.6 is 27.3 Å². The van der Waals surface area contributed by atoms with Gasteiger partial charge in [-0.15, -0.1) is 0 Å². The summed E-state index contributed by atoms with van der Waals surface area (Å²) in [6.45, 7) is 5.29. The lowest BCUT2D eigenvalue weighted by Crippen LogP contribution is -2.40. The third-order valence-electron chi connectivity index (χ3n) is 7.62. The first kappa shape index (κ1) is 31.4. The van der Waals surface area contributed by atoms with Gasteiger partial charge in [-0.05, 0) is 68.0 Å². The number of allylic oxidation sites excluding steroid dienone is 1. The van der Waals surface area contributed by atoms with Gasteiger partial charge in [-0.3, -0.25) is 9.36 Å². The summed E-state index contributed by atoms with van der Waals surface area (Å²) in [5.74, 6) is 0.0827. The Morgan fingerprint density at radius 3 is 2.57 bits per heavy atom. The zero-order valence-corrected chi connectivity index (χ0v) is 27.9. The van der Waals surface area contributed by atoms with Crippen LogP contribution in [0.3, 0.4) is 0 Å². The smallest absolute Gasteiger partial charge is 0.338 e. The van der Waals surface area contributed by atoms with Crippen molar-refractivity contribution in [3.8, 4) is 11.5 Å². The third kappa shape index (κ3) is 6.02. The highest BCUT2D eigenvalue weighted by atomic mass is 79.9. The number of halogens is 2. The number of rotatable bonds is 8. The fourth-order valence-electron chi connectivity index (χ4n) is 5.53. The SMILES string of the molecule is COc1ccc(Br)cc1[C@@H]1C(C(=O)OC(C)C)=C(C)N=c2s/c(=C\c3c(OCc4ccccc4F)ccc4ccccc34)c(=O)n21. The minimum atomic E-state index is -0.860. The van der Waals surface area contributed by atoms with Gasteiger partial charge < -0.3 is 14.2 Å². The van der Waals surface area contributed by atoms with E-state index in [1.807, 2.05) is 48.5 Å². The van der Waals surface area contributed by atoms with E-state index in [0.717, 1.165) is 15.2 Å². The number of thiazole rings is 1. The number of nitrogens with zero attached hydrogens (tertiary/aromatic N) is 2. The number of carbonyl (C=O) groups is 1. The Morgan fingerprint density at radius 1 is 1.07 bits per heavy atom. The molecule has 1 aliphatic rings. The molecule has 0 radical (unpaired) electrons. The quantitative estimate of drug-likeness (QED) is 0.166. The third-order valence-corrected chi connectivity index (χ3v) is 9.09. The standard InChI is InChI=1S/C36H30BrFN2O5S/c1-20(2)45-35(42)32-21(3)39-36-40(33(32)27-17-24(37)14-16-29(27)43-4)34(41)31(46-36)18-26-25-11-7-5-9-22(25)13-15-30(26)44-19-23-10-6-8-12-28(23)38/h5-18,20,33H,19H2,1-4H3/b31-18-/t33-/m1/s1. The van der Waals surface area contributed by atoms with E-state index < -0.39 is 12.0 Å². The average Bonchev–Trinajstić information content (AvgIpc) is 3.34. The monoisotopic (exact) mass is 700 g/mol. The molecule has 0 bridgehead atoms. The topological polar surface area (TPSA) is 79.1 Å². The van der Waals surface area contributed by atoms with Crippen molar-refractivity contribution in [3.63, 3.8) is 0 Å². The molecule has 1 atom stereocenters. The number of ether oxygens (including phenoxy) is 3. The van der Waals surface area contributed by atoms with Crippen molar-refractivity contribution in [1.29, 1.82) is 0 Å². The molecule has 0 amide bonds. The van der Waals surface area contributed by atoms with E-state index in [4.69, 9.17) is 19.2 Å². The van der Waals surface area contributed by atoms with Crippen LogP contribution in [0.5, 0.6) is 11.5 Å². The summed E-state index contributed by atoms with van der Waals surface area (Å²) in [6, 6.07) is 22.6. The van der Waals surface area contributed by atoms with Gasteiger partial charge in [-0.1, -0.05) is 75.8 Å². The lowest BCUT2D eigenvalue weighted by molar-refractivity contribution is -0.143. The van der Waals surface area contributed by atoms with E-state index in [1.54, 1.807) is 58.2 Å². The molecule has 5 aromatic rings. The van der Waals surface area contributed by atoms with Crippen LogP contribution < -0.4 is 24.4 Å². The minimum Gasteiger partial charge on any atom is -0.496 e. The van der Waals surface area contributed by atoms with Crippen molar-refractivity contribution < 1.29 is 23.4 Å². The van der Waals surface area contributed by atoms with Gasteiger partial charge in [0.25, 0.3) is 5.56 Å². The van der Waals surface area contributed by atoms with Gasteiger partial charge in [0, 0.05) is 21.2 Å². The summed E-state index contributed by atoms with van der Waals surface area (Å²) >= 11 is 4.75. The highest BCUT2D eigenvalue weighted by Crippen LogP contribution is 2.37. The van der Waals surface area contributed by atoms with E-state index >= 15 is 0 Å². The fraction of sp³-hybridized carbons (Fsp3) is 0.194. The summed E-state index contributed by atoms with van der Waals surface area (Å²) in [4.78, 5) is 33.1. The van der Waals surface area contributed by atoms with Crippen LogP contribution in [-0.2, 0) is 16.1 Å². The summed E-state index contributed by atoms with van der Waals surface area (Å²) < 4.78 is 34.6. The van der Waals surface area contributed by atoms with Crippen LogP contribution in [0.1, 0.15) is 43.5 Å². The number of hydrogen-bond donors (Lipinski definition) is 0. The van der Waals surface area contributed by atoms with E-state index in [-0.39, 0.29) is 29.7 Å². The first-order chi connectivity index (χ1) is 22.2. The zero-order valence-electron chi connectivity index (χ0n) is 25.5. The second-order valence-electron chi connectivity index (χ2n) is 11.0. The van der Waals surface area contributed by atoms with Crippen molar-refractivity contribution >= 4 is 50.1 Å². The maximum absolute atomic E-state index is 14.4. The zero-order chi connectivity index (χ0) is 32.5. The van der Waals surface area contributed by atoms with E-state index in [1.165, 1.54) is 22.0 Å². The molecule has 234 valence electrons. The van der Waals surface area contributed by atoms with Crippen molar-refractivity contribution in [1.82, 2.24) is 4.57 Å². The van der Waals surface area contributed by atoms with Crippen LogP contribution in [0.25, 0.3) is 16.8 Å². The molecule has 2 heterocycles. The van der Waals surface area contributed by atoms with Crippen LogP contribution in [-0.4, -0.2) is 23.8 Å². The molecule has 0 saturated heterocycles. The molecule has 46 heavy (non-hydrogen) atoms. The van der Waals surface area contributed by atoms with Gasteiger partial charge in [0.1, 0.15) is 30.0 Å². The second-order valence-corrected chi connectivity index (χ2v) is 12.9. The van der Waals surface area contributed by atoms with Crippen molar-refractivity contribution in [3.05, 3.63) is 137 Å². The molecule has 4 aromatic carbocycles. The van der Waals surface area contributed by atoms with Gasteiger partial charge in [-0.2, -0.15) is 0 Å². The Morgan fingerprint density at radius 2 is 1.80 bits per heavy atom. The van der Waals surface area contributed by atoms with Gasteiger partial charge in [0.05, 0.1) is 29.0 Å². The van der Waals surface area contributed by atoms with Crippen LogP contribution in [0.2, 0.25) is 0 Å². The average molecular weight is 702 g/mol. The molecule has 6 rings (SSSR count). The summed E-state index contributed by atoms with van der Waals surface area (Å²) in [5, 5.41) is 1.81. The summed E-state index contributed by atoms with van der Waals surface area (Å²) in [7, 11) is 1.54. The molecule has 0 N–H and O–H groups in total. The lowest BCUT2D eigenvalue weighted by Gasteiger charge is -2.26. The summed E-state index contributed by atoms with van der Waals surface area (Å²) in [6.07, 6.45) is 1.40. The second kappa shape index (κ2) is 13.1. The predicted molar refractivity (Wildman–Crippen MR) is 180 cm³/mol. The number of carbonyl (C=O) groups excluding carboxylic acids is 1. The minimum absolute atomic E-state index is 0.0102. The molecule has 0 fully saturated rings. The molecular formula is C36H30BrFN2O5S. The first-order valence-corrected chi connectivity index (χ1v) is 16.2. The Kier molecular flexibility index (Phi) is 8.93. The number of fused-ring (bicyclic) bond motifs is 2. The van der Waals surface area contributed by atoms with Gasteiger partial charge >= 0.3 is 5.97 Å². The van der Waals surface area contributed by atoms with Gasteiger partial charge in [0.15, 0.2) is 4.80 Å². The normalized spacial score (nSPS) is 14.8. The van der Waals surface area contributed by atoms with Crippen LogP contribution in [0.15, 0.2) is 104 Å². The van der Waals surface area contributed by atoms with Gasteiger partial charge in [0.2, 0.25) is 0 Å². The molecule has 1 aromatic heterocycles. The molecule has 10 heteroatoms. The highest BCUT2D eigenvalue weighted by Gasteiger charge is 2.35. The Bertz CT molecular complexity index is 2200. The molecule has 1 aliphatic heterocycles. The van der Waals surface area contributed by atoms with Crippen molar-refractivity contribution in [2.45, 2.75) is 39.5 Å². The summed E-state index contributed by atoms with van der Waals surface area (Å²) in [5.41, 5.74) is 2.05. The molecule has 0 saturated carbocycles. The van der Waals surface area contributed by atoms with Crippen LogP contribution in [0, 0.1) is 5.82 Å². The number of methoxy groups -OCH3 is 1. The molecule has 0 unspecified atom stereocenters. The predicted octanol–water partition coefficient (Wildman–Crippen LogP) is 6.83. The number of hydrogen-bond acceptors (Lipinski definition) is 7. The fourth-order valence-corrected chi connectivity index (χ4v) is 6.93. The number of benzene rings is 4. The van der Waals surface area contributed by atoms with E-state index in [0.29, 0.717) is 43.2 Å². The maximum Gasteiger partial charge on any atom is 0.338 e. The molecular weight excluding hydrogens is 671 g/mol. The maximum atomic E-state index is 14.4. The van der Waals surface area contributed by atoms with E-state index in [2.05, 4.69) is 15.9 Å². The Balaban J connectivity index is 1.56. The Labute approximate surface area is 277 Å². The van der Waals surface area contributed by atoms with Gasteiger partial charge in [-0.25, -0.2) is 14.2 Å². The first-order valence-electron chi connectivity index (χ1n) is 14.6. The molecule has 0 aliphatic carbocycles. The molecule has 0 spiro atoms. The van der Waals surface area contributed by atoms with Crippen molar-refractivity contribution in [2.24, 2.45) is 4.99 Å². The largest absolute Gasteiger partial charge is 0.496 e. The highest BCUT2D eigenvalue weighted by molar-refractivity contribution is 9.10. The molecule has 7 nitrogen and oxygen atoms in total. The Hall–Kier alpha value is -4.54. The number of aromatic nitrogens is 1.